The number of nitrogens with zero attached hydrogens (tertiary/aromatic N) is 3. The van der Waals surface area contributed by atoms with Crippen molar-refractivity contribution in [3.63, 3.8) is 0 Å². The summed E-state index contributed by atoms with van der Waals surface area (Å²) in [6, 6.07) is 7.35. The third-order valence-electron chi connectivity index (χ3n) is 3.80. The highest BCUT2D eigenvalue weighted by Crippen LogP contribution is 2.28. The fraction of sp³-hybridized carbons (Fsp3) is 0.222. The summed E-state index contributed by atoms with van der Waals surface area (Å²) in [5.41, 5.74) is 0.127. The zero-order valence-corrected chi connectivity index (χ0v) is 15.5. The number of H-pyrrole nitrogens is 1. The maximum Gasteiger partial charge on any atom is 0.422 e. The molecule has 1 amide bonds. The fourth-order valence-corrected chi connectivity index (χ4v) is 2.47. The number of aromatic nitrogens is 4. The largest absolute Gasteiger partial charge is 0.480 e. The van der Waals surface area contributed by atoms with Gasteiger partial charge in [-0.1, -0.05) is 23.4 Å². The smallest absolute Gasteiger partial charge is 0.422 e. The molecule has 8 nitrogen and oxygen atoms in total. The summed E-state index contributed by atoms with van der Waals surface area (Å²) in [7, 11) is 0. The van der Waals surface area contributed by atoms with Gasteiger partial charge in [0.1, 0.15) is 6.04 Å². The van der Waals surface area contributed by atoms with E-state index in [0.717, 1.165) is 12.1 Å². The van der Waals surface area contributed by atoms with Crippen LogP contribution >= 0.6 is 0 Å². The Hall–Kier alpha value is -3.77. The number of tetrazole rings is 1. The van der Waals surface area contributed by atoms with Crippen molar-refractivity contribution in [1.29, 1.82) is 0 Å². The SMILES string of the molecule is O=C(COc1ccccc1OCC(F)(F)F)N[C@H](c1ccc(F)c(F)c1)c1nn[nH]n1. The number of aromatic amines is 1. The van der Waals surface area contributed by atoms with Crippen molar-refractivity contribution in [2.75, 3.05) is 13.2 Å². The van der Waals surface area contributed by atoms with Crippen LogP contribution in [0.2, 0.25) is 0 Å². The van der Waals surface area contributed by atoms with E-state index >= 15 is 0 Å². The highest BCUT2D eigenvalue weighted by atomic mass is 19.4. The number of benzene rings is 2. The Balaban J connectivity index is 1.69. The molecular formula is C18H14F5N5O3. The summed E-state index contributed by atoms with van der Waals surface area (Å²) in [6.07, 6.45) is -4.55. The molecule has 3 rings (SSSR count). The van der Waals surface area contributed by atoms with Gasteiger partial charge in [-0.15, -0.1) is 10.2 Å². The molecule has 1 atom stereocenters. The average molecular weight is 443 g/mol. The summed E-state index contributed by atoms with van der Waals surface area (Å²) in [5.74, 6) is -3.31. The van der Waals surface area contributed by atoms with E-state index in [1.807, 2.05) is 0 Å². The van der Waals surface area contributed by atoms with Crippen molar-refractivity contribution >= 4 is 5.91 Å². The molecule has 0 radical (unpaired) electrons. The van der Waals surface area contributed by atoms with Crippen LogP contribution in [-0.4, -0.2) is 45.9 Å². The van der Waals surface area contributed by atoms with Crippen molar-refractivity contribution in [3.05, 3.63) is 65.5 Å². The van der Waals surface area contributed by atoms with Crippen LogP contribution in [0.15, 0.2) is 42.5 Å². The standard InChI is InChI=1S/C18H14F5N5O3/c19-11-6-5-10(7-12(11)20)16(17-25-27-28-26-17)24-15(29)8-30-13-3-1-2-4-14(13)31-9-18(21,22)23/h1-7,16H,8-9H2,(H,24,29)(H,25,26,27,28)/t16-/m1/s1. The number of ether oxygens (including phenoxy) is 2. The lowest BCUT2D eigenvalue weighted by Crippen LogP contribution is -2.34. The molecule has 1 heterocycles. The second-order valence-corrected chi connectivity index (χ2v) is 6.08. The second kappa shape index (κ2) is 9.36. The Morgan fingerprint density at radius 1 is 1.06 bits per heavy atom. The minimum Gasteiger partial charge on any atom is -0.480 e. The first-order valence-corrected chi connectivity index (χ1v) is 8.62. The van der Waals surface area contributed by atoms with Gasteiger partial charge in [-0.2, -0.15) is 18.4 Å². The molecule has 0 aliphatic rings. The predicted octanol–water partition coefficient (Wildman–Crippen LogP) is 2.70. The Morgan fingerprint density at radius 2 is 1.77 bits per heavy atom. The Bertz CT molecular complexity index is 1030. The molecule has 0 bridgehead atoms. The van der Waals surface area contributed by atoms with Crippen molar-refractivity contribution in [1.82, 2.24) is 25.9 Å². The van der Waals surface area contributed by atoms with Gasteiger partial charge in [-0.3, -0.25) is 4.79 Å². The van der Waals surface area contributed by atoms with Gasteiger partial charge < -0.3 is 14.8 Å². The van der Waals surface area contributed by atoms with Crippen LogP contribution in [0, 0.1) is 11.6 Å². The van der Waals surface area contributed by atoms with E-state index in [1.165, 1.54) is 30.3 Å². The Labute approximate surface area is 171 Å². The van der Waals surface area contributed by atoms with Crippen molar-refractivity contribution in [3.8, 4) is 11.5 Å². The highest BCUT2D eigenvalue weighted by Gasteiger charge is 2.29. The summed E-state index contributed by atoms with van der Waals surface area (Å²) in [4.78, 5) is 12.4. The van der Waals surface area contributed by atoms with Crippen LogP contribution in [0.25, 0.3) is 0 Å². The topological polar surface area (TPSA) is 102 Å². The molecular weight excluding hydrogens is 429 g/mol. The molecule has 0 aliphatic heterocycles. The summed E-state index contributed by atoms with van der Waals surface area (Å²) in [6.45, 7) is -2.15. The monoisotopic (exact) mass is 443 g/mol. The minimum absolute atomic E-state index is 0.0340. The number of hydrogen-bond donors (Lipinski definition) is 2. The van der Waals surface area contributed by atoms with Crippen molar-refractivity contribution < 1.29 is 36.2 Å². The number of amides is 1. The quantitative estimate of drug-likeness (QED) is 0.519. The molecule has 0 unspecified atom stereocenters. The minimum atomic E-state index is -4.55. The first-order chi connectivity index (χ1) is 14.7. The Morgan fingerprint density at radius 3 is 2.39 bits per heavy atom. The number of para-hydroxylation sites is 2. The zero-order valence-electron chi connectivity index (χ0n) is 15.5. The fourth-order valence-electron chi connectivity index (χ4n) is 2.47. The van der Waals surface area contributed by atoms with E-state index < -0.39 is 43.0 Å². The first-order valence-electron chi connectivity index (χ1n) is 8.62. The third-order valence-corrected chi connectivity index (χ3v) is 3.80. The summed E-state index contributed by atoms with van der Waals surface area (Å²) in [5, 5.41) is 15.5. The van der Waals surface area contributed by atoms with Crippen LogP contribution in [-0.2, 0) is 4.79 Å². The van der Waals surface area contributed by atoms with Crippen LogP contribution in [0.1, 0.15) is 17.4 Å². The number of rotatable bonds is 8. The van der Waals surface area contributed by atoms with E-state index in [-0.39, 0.29) is 22.9 Å². The molecule has 2 aromatic carbocycles. The zero-order chi connectivity index (χ0) is 22.4. The van der Waals surface area contributed by atoms with Gasteiger partial charge in [0.2, 0.25) is 5.82 Å². The molecule has 2 N–H and O–H groups in total. The first kappa shape index (κ1) is 21.9. The lowest BCUT2D eigenvalue weighted by Gasteiger charge is -2.17. The molecule has 0 fully saturated rings. The van der Waals surface area contributed by atoms with Crippen molar-refractivity contribution in [2.45, 2.75) is 12.2 Å². The predicted molar refractivity (Wildman–Crippen MR) is 94.0 cm³/mol. The van der Waals surface area contributed by atoms with Crippen molar-refractivity contribution in [2.24, 2.45) is 0 Å². The van der Waals surface area contributed by atoms with Gasteiger partial charge in [0.05, 0.1) is 0 Å². The molecule has 0 aliphatic carbocycles. The Kier molecular flexibility index (Phi) is 6.62. The van der Waals surface area contributed by atoms with Gasteiger partial charge in [-0.05, 0) is 29.8 Å². The van der Waals surface area contributed by atoms with Crippen LogP contribution < -0.4 is 14.8 Å². The second-order valence-electron chi connectivity index (χ2n) is 6.08. The summed E-state index contributed by atoms with van der Waals surface area (Å²) >= 11 is 0. The number of carbonyl (C=O) groups is 1. The number of halogens is 5. The van der Waals surface area contributed by atoms with E-state index in [4.69, 9.17) is 4.74 Å². The lowest BCUT2D eigenvalue weighted by atomic mass is 10.1. The molecule has 13 heteroatoms. The molecule has 0 spiro atoms. The average Bonchev–Trinajstić information content (AvgIpc) is 3.25. The van der Waals surface area contributed by atoms with Gasteiger partial charge >= 0.3 is 6.18 Å². The van der Waals surface area contributed by atoms with E-state index in [0.29, 0.717) is 0 Å². The van der Waals surface area contributed by atoms with Gasteiger partial charge in [0.25, 0.3) is 5.91 Å². The lowest BCUT2D eigenvalue weighted by molar-refractivity contribution is -0.153. The molecule has 3 aromatic rings. The van der Waals surface area contributed by atoms with Crippen LogP contribution in [0.5, 0.6) is 11.5 Å². The number of carbonyl (C=O) groups excluding carboxylic acids is 1. The number of alkyl halides is 3. The third kappa shape index (κ3) is 6.10. The summed E-state index contributed by atoms with van der Waals surface area (Å²) < 4.78 is 73.9. The molecule has 1 aromatic heterocycles. The molecule has 0 saturated heterocycles. The van der Waals surface area contributed by atoms with Crippen LogP contribution in [0.4, 0.5) is 22.0 Å². The maximum atomic E-state index is 13.6. The van der Waals surface area contributed by atoms with E-state index in [2.05, 4.69) is 30.7 Å². The van der Waals surface area contributed by atoms with Crippen LogP contribution in [0.3, 0.4) is 0 Å². The normalized spacial score (nSPS) is 12.3. The van der Waals surface area contributed by atoms with Gasteiger partial charge in [0, 0.05) is 0 Å². The molecule has 0 saturated carbocycles. The maximum absolute atomic E-state index is 13.6. The highest BCUT2D eigenvalue weighted by molar-refractivity contribution is 5.78. The number of hydrogen-bond acceptors (Lipinski definition) is 6. The molecule has 164 valence electrons. The van der Waals surface area contributed by atoms with E-state index in [9.17, 15) is 26.7 Å². The van der Waals surface area contributed by atoms with Gasteiger partial charge in [0.15, 0.2) is 36.3 Å². The number of nitrogens with one attached hydrogen (secondary N) is 2. The van der Waals surface area contributed by atoms with E-state index in [1.54, 1.807) is 0 Å². The van der Waals surface area contributed by atoms with Gasteiger partial charge in [-0.25, -0.2) is 8.78 Å². The molecule has 31 heavy (non-hydrogen) atoms.